The molecule has 0 fully saturated rings. The van der Waals surface area contributed by atoms with Crippen LogP contribution < -0.4 is 10.6 Å². The minimum atomic E-state index is -0.241. The van der Waals surface area contributed by atoms with Crippen LogP contribution in [0.3, 0.4) is 0 Å². The van der Waals surface area contributed by atoms with Crippen LogP contribution in [0.25, 0.3) is 0 Å². The van der Waals surface area contributed by atoms with Crippen LogP contribution in [0.15, 0.2) is 0 Å². The average Bonchev–Trinajstić information content (AvgIpc) is 2.30. The van der Waals surface area contributed by atoms with Crippen LogP contribution in [0.1, 0.15) is 54.4 Å². The quantitative estimate of drug-likeness (QED) is 0.785. The van der Waals surface area contributed by atoms with Crippen molar-refractivity contribution in [3.63, 3.8) is 0 Å². The first-order chi connectivity index (χ1) is 7.79. The highest BCUT2D eigenvalue weighted by molar-refractivity contribution is 5.80. The van der Waals surface area contributed by atoms with E-state index >= 15 is 0 Å². The summed E-state index contributed by atoms with van der Waals surface area (Å²) in [6, 6.07) is 0. The minimum absolute atomic E-state index is 0.0810. The number of hydrogen-bond donors (Lipinski definition) is 2. The molecule has 2 N–H and O–H groups in total. The Kier molecular flexibility index (Phi) is 16.3. The minimum Gasteiger partial charge on any atom is -0.359 e. The summed E-state index contributed by atoms with van der Waals surface area (Å²) < 4.78 is 0. The maximum atomic E-state index is 10.7. The molecule has 0 atom stereocenters. The molecule has 2 amide bonds. The zero-order valence-corrected chi connectivity index (χ0v) is 12.7. The average molecular weight is 246 g/mol. The largest absolute Gasteiger partial charge is 0.359 e. The van der Waals surface area contributed by atoms with Crippen molar-refractivity contribution in [1.82, 2.24) is 10.6 Å². The molecule has 0 bridgehead atoms. The summed E-state index contributed by atoms with van der Waals surface area (Å²) in [5, 5.41) is 5.09. The molecule has 0 radical (unpaired) electrons. The van der Waals surface area contributed by atoms with E-state index in [2.05, 4.69) is 10.6 Å². The highest BCUT2D eigenvalue weighted by atomic mass is 16.2. The second-order valence-electron chi connectivity index (χ2n) is 4.25. The summed E-state index contributed by atoms with van der Waals surface area (Å²) in [6.07, 6.45) is 1.58. The monoisotopic (exact) mass is 246 g/mol. The van der Waals surface area contributed by atoms with Crippen LogP contribution >= 0.6 is 0 Å². The van der Waals surface area contributed by atoms with Crippen molar-refractivity contribution in [2.75, 3.05) is 14.1 Å². The van der Waals surface area contributed by atoms with E-state index in [9.17, 15) is 9.59 Å². The summed E-state index contributed by atoms with van der Waals surface area (Å²) in [6.45, 7) is 11.6. The van der Waals surface area contributed by atoms with Gasteiger partial charge in [-0.1, -0.05) is 41.5 Å². The van der Waals surface area contributed by atoms with Gasteiger partial charge in [0.1, 0.15) is 0 Å². The van der Waals surface area contributed by atoms with Crippen LogP contribution in [-0.2, 0) is 9.59 Å². The maximum absolute atomic E-state index is 10.7. The molecule has 0 spiro atoms. The van der Waals surface area contributed by atoms with E-state index in [0.717, 1.165) is 6.42 Å². The van der Waals surface area contributed by atoms with Crippen LogP contribution in [-0.4, -0.2) is 25.9 Å². The first kappa shape index (κ1) is 21.2. The van der Waals surface area contributed by atoms with Crippen molar-refractivity contribution in [2.45, 2.75) is 54.4 Å². The lowest BCUT2D eigenvalue weighted by Crippen LogP contribution is -2.31. The predicted molar refractivity (Wildman–Crippen MR) is 73.8 cm³/mol. The van der Waals surface area contributed by atoms with E-state index in [1.54, 1.807) is 14.1 Å². The molecule has 4 nitrogen and oxygen atoms in total. The van der Waals surface area contributed by atoms with Crippen LogP contribution in [0.5, 0.6) is 0 Å². The van der Waals surface area contributed by atoms with Gasteiger partial charge < -0.3 is 10.6 Å². The van der Waals surface area contributed by atoms with Gasteiger partial charge in [-0.15, -0.1) is 0 Å². The highest BCUT2D eigenvalue weighted by Gasteiger charge is 2.18. The Morgan fingerprint density at radius 3 is 1.47 bits per heavy atom. The van der Waals surface area contributed by atoms with Gasteiger partial charge in [0.15, 0.2) is 0 Å². The van der Waals surface area contributed by atoms with Gasteiger partial charge in [-0.05, 0) is 6.42 Å². The zero-order chi connectivity index (χ0) is 14.5. The maximum Gasteiger partial charge on any atom is 0.225 e. The van der Waals surface area contributed by atoms with E-state index in [0.29, 0.717) is 6.42 Å². The molecule has 0 saturated carbocycles. The summed E-state index contributed by atoms with van der Waals surface area (Å²) in [5.74, 6) is 0.208. The molecule has 0 saturated heterocycles. The Morgan fingerprint density at radius 2 is 1.41 bits per heavy atom. The van der Waals surface area contributed by atoms with Crippen LogP contribution in [0.4, 0.5) is 0 Å². The summed E-state index contributed by atoms with van der Waals surface area (Å²) in [4.78, 5) is 21.0. The standard InChI is InChI=1S/C6H13NO.C5H11NO.C2H6/c1-6(2,3)5(8)7-4;1-3-4-5(7)6-2;1-2/h1-4H3,(H,7,8);3-4H2,1-2H3,(H,6,7);1-2H3. The second-order valence-corrected chi connectivity index (χ2v) is 4.25. The molecule has 0 aromatic rings. The van der Waals surface area contributed by atoms with Gasteiger partial charge in [-0.3, -0.25) is 9.59 Å². The first-order valence-electron chi connectivity index (χ1n) is 6.22. The van der Waals surface area contributed by atoms with Crippen LogP contribution in [0.2, 0.25) is 0 Å². The zero-order valence-electron chi connectivity index (χ0n) is 12.7. The van der Waals surface area contributed by atoms with Crippen LogP contribution in [0, 0.1) is 5.41 Å². The predicted octanol–water partition coefficient (Wildman–Crippen LogP) is 2.34. The molecule has 0 rings (SSSR count). The number of nitrogens with one attached hydrogen (secondary N) is 2. The number of hydrogen-bond acceptors (Lipinski definition) is 2. The molecule has 0 aromatic carbocycles. The SMILES string of the molecule is CC.CCCC(=O)NC.CNC(=O)C(C)(C)C. The summed E-state index contributed by atoms with van der Waals surface area (Å²) in [7, 11) is 3.30. The molecule has 4 heteroatoms. The molecule has 0 aliphatic heterocycles. The summed E-state index contributed by atoms with van der Waals surface area (Å²) >= 11 is 0. The topological polar surface area (TPSA) is 58.2 Å². The van der Waals surface area contributed by atoms with E-state index in [-0.39, 0.29) is 17.2 Å². The van der Waals surface area contributed by atoms with Gasteiger partial charge in [0.2, 0.25) is 11.8 Å². The molecule has 104 valence electrons. The van der Waals surface area contributed by atoms with Crippen molar-refractivity contribution in [3.8, 4) is 0 Å². The van der Waals surface area contributed by atoms with Crippen molar-refractivity contribution in [1.29, 1.82) is 0 Å². The Morgan fingerprint density at radius 1 is 1.00 bits per heavy atom. The smallest absolute Gasteiger partial charge is 0.225 e. The second kappa shape index (κ2) is 13.0. The molecule has 0 aliphatic rings. The fourth-order valence-corrected chi connectivity index (χ4v) is 0.727. The fraction of sp³-hybridized carbons (Fsp3) is 0.846. The molecular weight excluding hydrogens is 216 g/mol. The molecule has 0 heterocycles. The number of rotatable bonds is 2. The van der Waals surface area contributed by atoms with Gasteiger partial charge in [0, 0.05) is 25.9 Å². The van der Waals surface area contributed by atoms with Crippen molar-refractivity contribution >= 4 is 11.8 Å². The van der Waals surface area contributed by atoms with Crippen molar-refractivity contribution < 1.29 is 9.59 Å². The molecule has 0 aliphatic carbocycles. The van der Waals surface area contributed by atoms with Crippen molar-refractivity contribution in [2.24, 2.45) is 5.41 Å². The summed E-state index contributed by atoms with van der Waals surface area (Å²) in [5.41, 5.74) is -0.241. The van der Waals surface area contributed by atoms with Crippen molar-refractivity contribution in [3.05, 3.63) is 0 Å². The Labute approximate surface area is 107 Å². The lowest BCUT2D eigenvalue weighted by molar-refractivity contribution is -0.128. The highest BCUT2D eigenvalue weighted by Crippen LogP contribution is 2.11. The lowest BCUT2D eigenvalue weighted by atomic mass is 9.96. The fourth-order valence-electron chi connectivity index (χ4n) is 0.727. The van der Waals surface area contributed by atoms with Gasteiger partial charge in [0.05, 0.1) is 0 Å². The molecular formula is C13H30N2O2. The Bertz CT molecular complexity index is 196. The van der Waals surface area contributed by atoms with Gasteiger partial charge in [-0.2, -0.15) is 0 Å². The van der Waals surface area contributed by atoms with E-state index in [4.69, 9.17) is 0 Å². The Balaban J connectivity index is -0.000000202. The van der Waals surface area contributed by atoms with E-state index in [1.165, 1.54) is 0 Å². The number of amides is 2. The number of carbonyl (C=O) groups is 2. The van der Waals surface area contributed by atoms with E-state index in [1.807, 2.05) is 41.5 Å². The number of carbonyl (C=O) groups excluding carboxylic acids is 2. The normalized spacial score (nSPS) is 8.94. The molecule has 0 unspecified atom stereocenters. The lowest BCUT2D eigenvalue weighted by Gasteiger charge is -2.14. The van der Waals surface area contributed by atoms with E-state index < -0.39 is 0 Å². The molecule has 0 aromatic heterocycles. The van der Waals surface area contributed by atoms with Gasteiger partial charge >= 0.3 is 0 Å². The third kappa shape index (κ3) is 17.5. The van der Waals surface area contributed by atoms with Gasteiger partial charge in [-0.25, -0.2) is 0 Å². The van der Waals surface area contributed by atoms with Gasteiger partial charge in [0.25, 0.3) is 0 Å². The first-order valence-corrected chi connectivity index (χ1v) is 6.22. The molecule has 17 heavy (non-hydrogen) atoms. The third-order valence-corrected chi connectivity index (χ3v) is 1.66. The Hall–Kier alpha value is -1.06. The third-order valence-electron chi connectivity index (χ3n) is 1.66.